The molecule has 0 spiro atoms. The van der Waals surface area contributed by atoms with Crippen LogP contribution in [0.15, 0.2) is 170 Å². The minimum atomic E-state index is -0.121. The van der Waals surface area contributed by atoms with Crippen LogP contribution in [0.3, 0.4) is 0 Å². The summed E-state index contributed by atoms with van der Waals surface area (Å²) in [6.45, 7) is 6.66. The van der Waals surface area contributed by atoms with Crippen LogP contribution in [0, 0.1) is 5.41 Å². The van der Waals surface area contributed by atoms with E-state index in [2.05, 4.69) is 97.5 Å². The van der Waals surface area contributed by atoms with E-state index in [4.69, 9.17) is 19.4 Å². The molecule has 0 radical (unpaired) electrons. The standard InChI is InChI=1S/C44H36N4O/c1-44(27-25-33(26-28-44)43(46-29-30-13-5-3-6-14-30)48-42(45-2)32-15-7-4-8-16-32)34-23-21-31(22-24-34)40-41-39(35-17-9-11-19-37(35)47-40)36-18-10-12-20-38(36)49-41/h3-21,23,25-27H,2,22,24,28-29H2,1H3. The van der Waals surface area contributed by atoms with Gasteiger partial charge in [-0.25, -0.2) is 15.0 Å². The van der Waals surface area contributed by atoms with Gasteiger partial charge in [0.05, 0.1) is 12.1 Å². The first-order valence-electron chi connectivity index (χ1n) is 16.8. The highest BCUT2D eigenvalue weighted by Crippen LogP contribution is 2.44. The van der Waals surface area contributed by atoms with E-state index < -0.39 is 0 Å². The van der Waals surface area contributed by atoms with Gasteiger partial charge >= 0.3 is 0 Å². The molecule has 238 valence electrons. The summed E-state index contributed by atoms with van der Waals surface area (Å²) in [6.07, 6.45) is 14.0. The molecule has 0 bridgehead atoms. The molecule has 0 saturated heterocycles. The Morgan fingerprint density at radius 2 is 1.55 bits per heavy atom. The van der Waals surface area contributed by atoms with E-state index in [9.17, 15) is 0 Å². The Kier molecular flexibility index (Phi) is 8.02. The van der Waals surface area contributed by atoms with E-state index in [0.717, 1.165) is 74.5 Å². The van der Waals surface area contributed by atoms with Crippen LogP contribution in [0.5, 0.6) is 0 Å². The van der Waals surface area contributed by atoms with Gasteiger partial charge in [0.2, 0.25) is 0 Å². The van der Waals surface area contributed by atoms with Crippen LogP contribution in [-0.2, 0) is 6.54 Å². The number of aliphatic imine (C=N–C) groups is 3. The Morgan fingerprint density at radius 3 is 2.29 bits per heavy atom. The molecule has 49 heavy (non-hydrogen) atoms. The Labute approximate surface area is 286 Å². The fraction of sp³-hybridized carbons (Fsp3) is 0.136. The zero-order valence-electron chi connectivity index (χ0n) is 27.5. The van der Waals surface area contributed by atoms with Crippen molar-refractivity contribution in [2.24, 2.45) is 20.4 Å². The van der Waals surface area contributed by atoms with Crippen molar-refractivity contribution in [2.45, 2.75) is 32.7 Å². The van der Waals surface area contributed by atoms with Crippen molar-refractivity contribution >= 4 is 56.8 Å². The first-order valence-corrected chi connectivity index (χ1v) is 16.8. The molecule has 6 aromatic rings. The van der Waals surface area contributed by atoms with E-state index in [-0.39, 0.29) is 5.41 Å². The van der Waals surface area contributed by atoms with Gasteiger partial charge in [0.15, 0.2) is 17.3 Å². The average molecular weight is 637 g/mol. The summed E-state index contributed by atoms with van der Waals surface area (Å²) in [6, 6.07) is 36.8. The summed E-state index contributed by atoms with van der Waals surface area (Å²) in [4.78, 5) is 19.3. The lowest BCUT2D eigenvalue weighted by Crippen LogP contribution is -2.21. The topological polar surface area (TPSA) is 63.1 Å². The molecule has 2 aromatic heterocycles. The van der Waals surface area contributed by atoms with Crippen molar-refractivity contribution in [3.05, 3.63) is 168 Å². The fourth-order valence-corrected chi connectivity index (χ4v) is 6.92. The third kappa shape index (κ3) is 5.89. The molecule has 0 aliphatic heterocycles. The van der Waals surface area contributed by atoms with Crippen LogP contribution in [-0.4, -0.2) is 23.4 Å². The van der Waals surface area contributed by atoms with Crippen molar-refractivity contribution in [3.8, 4) is 0 Å². The molecule has 2 aliphatic carbocycles. The summed E-state index contributed by atoms with van der Waals surface area (Å²) < 4.78 is 6.48. The maximum atomic E-state index is 6.48. The Hall–Kier alpha value is -5.94. The normalized spacial score (nSPS) is 18.4. The second-order valence-corrected chi connectivity index (χ2v) is 12.9. The lowest BCUT2D eigenvalue weighted by Gasteiger charge is -2.33. The molecule has 2 heterocycles. The van der Waals surface area contributed by atoms with Gasteiger partial charge in [0, 0.05) is 32.7 Å². The second-order valence-electron chi connectivity index (χ2n) is 12.9. The molecule has 1 unspecified atom stereocenters. The van der Waals surface area contributed by atoms with Gasteiger partial charge in [-0.3, -0.25) is 4.99 Å². The van der Waals surface area contributed by atoms with Crippen molar-refractivity contribution in [3.63, 3.8) is 0 Å². The zero-order chi connectivity index (χ0) is 33.2. The highest BCUT2D eigenvalue weighted by molar-refractivity contribution is 6.19. The van der Waals surface area contributed by atoms with Gasteiger partial charge in [0.1, 0.15) is 11.3 Å². The summed E-state index contributed by atoms with van der Waals surface area (Å²) in [5.41, 5.74) is 9.19. The predicted octanol–water partition coefficient (Wildman–Crippen LogP) is 10.9. The molecule has 2 aliphatic rings. The highest BCUT2D eigenvalue weighted by Gasteiger charge is 2.30. The lowest BCUT2D eigenvalue weighted by molar-refractivity contribution is 0.495. The van der Waals surface area contributed by atoms with Crippen LogP contribution in [0.4, 0.5) is 0 Å². The van der Waals surface area contributed by atoms with Crippen molar-refractivity contribution in [1.29, 1.82) is 0 Å². The number of nitrogens with zero attached hydrogens (tertiary/aromatic N) is 4. The van der Waals surface area contributed by atoms with E-state index in [1.807, 2.05) is 60.7 Å². The van der Waals surface area contributed by atoms with Gasteiger partial charge < -0.3 is 4.42 Å². The first kappa shape index (κ1) is 30.4. The van der Waals surface area contributed by atoms with Crippen LogP contribution < -0.4 is 0 Å². The quantitative estimate of drug-likeness (QED) is 0.135. The molecule has 4 aromatic carbocycles. The number of fused-ring (bicyclic) bond motifs is 5. The number of benzene rings is 4. The minimum Gasteiger partial charge on any atom is -0.454 e. The number of aromatic nitrogens is 1. The molecular weight excluding hydrogens is 601 g/mol. The smallest absolute Gasteiger partial charge is 0.161 e. The predicted molar refractivity (Wildman–Crippen MR) is 204 cm³/mol. The summed E-state index contributed by atoms with van der Waals surface area (Å²) in [7, 11) is 0. The van der Waals surface area contributed by atoms with E-state index in [1.165, 1.54) is 11.1 Å². The number of furan rings is 1. The van der Waals surface area contributed by atoms with Gasteiger partial charge in [0.25, 0.3) is 0 Å². The van der Waals surface area contributed by atoms with Gasteiger partial charge in [-0.15, -0.1) is 0 Å². The molecule has 0 amide bonds. The van der Waals surface area contributed by atoms with Crippen LogP contribution in [0.25, 0.3) is 38.4 Å². The third-order valence-corrected chi connectivity index (χ3v) is 9.69. The second kappa shape index (κ2) is 12.9. The van der Waals surface area contributed by atoms with E-state index in [0.29, 0.717) is 18.2 Å². The van der Waals surface area contributed by atoms with Crippen LogP contribution in [0.1, 0.15) is 43.0 Å². The number of para-hydroxylation sites is 2. The molecule has 1 atom stereocenters. The number of rotatable bonds is 6. The maximum Gasteiger partial charge on any atom is 0.161 e. The molecule has 0 fully saturated rings. The van der Waals surface area contributed by atoms with Gasteiger partial charge in [-0.05, 0) is 49.2 Å². The third-order valence-electron chi connectivity index (χ3n) is 9.69. The largest absolute Gasteiger partial charge is 0.454 e. The monoisotopic (exact) mass is 636 g/mol. The van der Waals surface area contributed by atoms with Gasteiger partial charge in [-0.2, -0.15) is 0 Å². The molecule has 5 heteroatoms. The molecule has 5 nitrogen and oxygen atoms in total. The molecule has 0 N–H and O–H groups in total. The van der Waals surface area contributed by atoms with E-state index in [1.54, 1.807) is 0 Å². The van der Waals surface area contributed by atoms with Crippen LogP contribution in [0.2, 0.25) is 0 Å². The van der Waals surface area contributed by atoms with E-state index >= 15 is 0 Å². The number of amidine groups is 2. The van der Waals surface area contributed by atoms with Gasteiger partial charge in [-0.1, -0.05) is 140 Å². The fourth-order valence-electron chi connectivity index (χ4n) is 6.92. The maximum absolute atomic E-state index is 6.48. The molecule has 0 saturated carbocycles. The Morgan fingerprint density at radius 1 is 0.816 bits per heavy atom. The number of hydrogen-bond donors (Lipinski definition) is 0. The first-order chi connectivity index (χ1) is 24.1. The van der Waals surface area contributed by atoms with Crippen molar-refractivity contribution in [1.82, 2.24) is 4.98 Å². The molecule has 8 rings (SSSR count). The Bertz CT molecular complexity index is 2410. The minimum absolute atomic E-state index is 0.121. The summed E-state index contributed by atoms with van der Waals surface area (Å²) in [5.74, 6) is 1.22. The number of pyridine rings is 1. The summed E-state index contributed by atoms with van der Waals surface area (Å²) >= 11 is 0. The van der Waals surface area contributed by atoms with Crippen molar-refractivity contribution in [2.75, 3.05) is 0 Å². The SMILES string of the molecule is C=NC(=NC(=NCc1ccccc1)C1=CCC(C)(C2=CC=C(c3nc4ccccc4c4c3oc3ccccc34)CC2)C=C1)c1ccccc1. The number of hydrogen-bond acceptors (Lipinski definition) is 3. The highest BCUT2D eigenvalue weighted by atomic mass is 16.3. The lowest BCUT2D eigenvalue weighted by atomic mass is 9.72. The average Bonchev–Trinajstić information content (AvgIpc) is 3.56. The van der Waals surface area contributed by atoms with Crippen molar-refractivity contribution < 1.29 is 4.42 Å². The Balaban J connectivity index is 1.11. The molecular formula is C44H36N4O. The van der Waals surface area contributed by atoms with Crippen LogP contribution >= 0.6 is 0 Å². The zero-order valence-corrected chi connectivity index (χ0v) is 27.5. The summed E-state index contributed by atoms with van der Waals surface area (Å²) in [5, 5.41) is 3.39. The number of allylic oxidation sites excluding steroid dienone is 6.